The van der Waals surface area contributed by atoms with Gasteiger partial charge in [-0.2, -0.15) is 0 Å². The van der Waals surface area contributed by atoms with E-state index in [2.05, 4.69) is 6.07 Å². The van der Waals surface area contributed by atoms with E-state index in [9.17, 15) is 0 Å². The Morgan fingerprint density at radius 3 is 2.20 bits per heavy atom. The number of ether oxygens (including phenoxy) is 4. The summed E-state index contributed by atoms with van der Waals surface area (Å²) in [5.41, 5.74) is 8.23. The Balaban J connectivity index is 2.33. The Hall–Kier alpha value is -2.40. The van der Waals surface area contributed by atoms with Crippen molar-refractivity contribution in [2.75, 3.05) is 34.5 Å². The lowest BCUT2D eigenvalue weighted by Crippen LogP contribution is -2.15. The van der Waals surface area contributed by atoms with Crippen LogP contribution in [0, 0.1) is 0 Å². The van der Waals surface area contributed by atoms with E-state index >= 15 is 0 Å². The van der Waals surface area contributed by atoms with E-state index in [4.69, 9.17) is 24.7 Å². The molecule has 2 aromatic carbocycles. The molecule has 0 aliphatic rings. The second kappa shape index (κ2) is 9.18. The van der Waals surface area contributed by atoms with Crippen molar-refractivity contribution in [3.63, 3.8) is 0 Å². The van der Waals surface area contributed by atoms with Gasteiger partial charge in [0.25, 0.3) is 0 Å². The molecule has 0 saturated heterocycles. The smallest absolute Gasteiger partial charge is 0.164 e. The van der Waals surface area contributed by atoms with Gasteiger partial charge in [-0.25, -0.2) is 0 Å². The van der Waals surface area contributed by atoms with E-state index in [0.717, 1.165) is 29.0 Å². The first kappa shape index (κ1) is 18.9. The molecule has 0 radical (unpaired) electrons. The molecule has 1 atom stereocenters. The minimum absolute atomic E-state index is 0.146. The molecule has 0 fully saturated rings. The summed E-state index contributed by atoms with van der Waals surface area (Å²) in [6, 6.07) is 11.9. The summed E-state index contributed by atoms with van der Waals surface area (Å²) in [7, 11) is 4.89. The Kier molecular flexibility index (Phi) is 6.95. The zero-order valence-corrected chi connectivity index (χ0v) is 15.4. The monoisotopic (exact) mass is 345 g/mol. The van der Waals surface area contributed by atoms with Crippen molar-refractivity contribution in [1.82, 2.24) is 0 Å². The molecule has 0 spiro atoms. The van der Waals surface area contributed by atoms with Crippen LogP contribution in [0.3, 0.4) is 0 Å². The molecular formula is C20H27NO4. The third-order valence-corrected chi connectivity index (χ3v) is 4.18. The van der Waals surface area contributed by atoms with Gasteiger partial charge in [-0.15, -0.1) is 0 Å². The van der Waals surface area contributed by atoms with Crippen LogP contribution in [0.5, 0.6) is 23.0 Å². The van der Waals surface area contributed by atoms with Gasteiger partial charge < -0.3 is 24.7 Å². The number of benzene rings is 2. The highest BCUT2D eigenvalue weighted by molar-refractivity contribution is 5.51. The third-order valence-electron chi connectivity index (χ3n) is 4.18. The van der Waals surface area contributed by atoms with Crippen LogP contribution in [0.4, 0.5) is 0 Å². The number of methoxy groups -OCH3 is 3. The van der Waals surface area contributed by atoms with Gasteiger partial charge in [0.05, 0.1) is 27.9 Å². The number of hydrogen-bond donors (Lipinski definition) is 1. The van der Waals surface area contributed by atoms with Crippen molar-refractivity contribution < 1.29 is 18.9 Å². The molecule has 2 aromatic rings. The second-order valence-corrected chi connectivity index (χ2v) is 5.66. The van der Waals surface area contributed by atoms with Crippen molar-refractivity contribution in [3.8, 4) is 23.0 Å². The Morgan fingerprint density at radius 2 is 1.60 bits per heavy atom. The summed E-state index contributed by atoms with van der Waals surface area (Å²) in [6.07, 6.45) is 0.732. The minimum atomic E-state index is 0.146. The lowest BCUT2D eigenvalue weighted by atomic mass is 9.91. The van der Waals surface area contributed by atoms with Gasteiger partial charge in [0.2, 0.25) is 0 Å². The number of rotatable bonds is 9. The first-order chi connectivity index (χ1) is 12.2. The Morgan fingerprint density at radius 1 is 0.920 bits per heavy atom. The van der Waals surface area contributed by atoms with Gasteiger partial charge in [0.1, 0.15) is 11.5 Å². The van der Waals surface area contributed by atoms with Crippen LogP contribution in [-0.2, 0) is 6.42 Å². The van der Waals surface area contributed by atoms with Crippen molar-refractivity contribution in [3.05, 3.63) is 47.5 Å². The summed E-state index contributed by atoms with van der Waals surface area (Å²) in [5.74, 6) is 3.09. The van der Waals surface area contributed by atoms with Crippen LogP contribution in [-0.4, -0.2) is 34.5 Å². The Bertz CT molecular complexity index is 687. The highest BCUT2D eigenvalue weighted by Crippen LogP contribution is 2.37. The molecule has 0 aromatic heterocycles. The third kappa shape index (κ3) is 4.57. The number of nitrogens with two attached hydrogens (primary N) is 1. The maximum absolute atomic E-state index is 6.06. The molecule has 25 heavy (non-hydrogen) atoms. The molecular weight excluding hydrogens is 318 g/mol. The predicted molar refractivity (Wildman–Crippen MR) is 99.2 cm³/mol. The van der Waals surface area contributed by atoms with E-state index in [1.54, 1.807) is 21.3 Å². The highest BCUT2D eigenvalue weighted by Gasteiger charge is 2.17. The van der Waals surface area contributed by atoms with E-state index in [0.29, 0.717) is 24.7 Å². The largest absolute Gasteiger partial charge is 0.496 e. The van der Waals surface area contributed by atoms with Crippen molar-refractivity contribution in [2.45, 2.75) is 19.3 Å². The maximum atomic E-state index is 6.06. The van der Waals surface area contributed by atoms with Crippen LogP contribution >= 0.6 is 0 Å². The van der Waals surface area contributed by atoms with E-state index in [-0.39, 0.29) is 5.92 Å². The summed E-state index contributed by atoms with van der Waals surface area (Å²) >= 11 is 0. The molecule has 0 aliphatic carbocycles. The fourth-order valence-electron chi connectivity index (χ4n) is 2.88. The minimum Gasteiger partial charge on any atom is -0.496 e. The maximum Gasteiger partial charge on any atom is 0.164 e. The second-order valence-electron chi connectivity index (χ2n) is 5.66. The van der Waals surface area contributed by atoms with Gasteiger partial charge in [-0.1, -0.05) is 12.1 Å². The zero-order valence-electron chi connectivity index (χ0n) is 15.4. The average molecular weight is 345 g/mol. The molecule has 0 amide bonds. The van der Waals surface area contributed by atoms with E-state index in [1.165, 1.54) is 0 Å². The van der Waals surface area contributed by atoms with E-state index < -0.39 is 0 Å². The number of hydrogen-bond acceptors (Lipinski definition) is 5. The predicted octanol–water partition coefficient (Wildman–Crippen LogP) is 3.40. The first-order valence-corrected chi connectivity index (χ1v) is 8.38. The molecule has 5 heteroatoms. The summed E-state index contributed by atoms with van der Waals surface area (Å²) in [5, 5.41) is 0. The van der Waals surface area contributed by atoms with Crippen LogP contribution in [0.2, 0.25) is 0 Å². The molecule has 2 rings (SSSR count). The fourth-order valence-corrected chi connectivity index (χ4v) is 2.88. The van der Waals surface area contributed by atoms with Gasteiger partial charge in [0.15, 0.2) is 11.5 Å². The topological polar surface area (TPSA) is 62.9 Å². The van der Waals surface area contributed by atoms with E-state index in [1.807, 2.05) is 37.3 Å². The summed E-state index contributed by atoms with van der Waals surface area (Å²) in [6.45, 7) is 3.13. The van der Waals surface area contributed by atoms with Crippen molar-refractivity contribution >= 4 is 0 Å². The molecule has 0 aliphatic heterocycles. The molecule has 1 unspecified atom stereocenters. The molecule has 2 N–H and O–H groups in total. The molecule has 0 saturated carbocycles. The molecule has 136 valence electrons. The van der Waals surface area contributed by atoms with Crippen LogP contribution in [0.1, 0.15) is 24.0 Å². The highest BCUT2D eigenvalue weighted by atomic mass is 16.5. The zero-order chi connectivity index (χ0) is 18.2. The fraction of sp³-hybridized carbons (Fsp3) is 0.400. The first-order valence-electron chi connectivity index (χ1n) is 8.38. The molecule has 0 bridgehead atoms. The van der Waals surface area contributed by atoms with Gasteiger partial charge in [0, 0.05) is 12.0 Å². The van der Waals surface area contributed by atoms with Gasteiger partial charge in [-0.3, -0.25) is 0 Å². The lowest BCUT2D eigenvalue weighted by molar-refractivity contribution is 0.339. The summed E-state index contributed by atoms with van der Waals surface area (Å²) in [4.78, 5) is 0. The average Bonchev–Trinajstić information content (AvgIpc) is 2.65. The molecule has 5 nitrogen and oxygen atoms in total. The molecule has 0 heterocycles. The van der Waals surface area contributed by atoms with Crippen molar-refractivity contribution in [2.24, 2.45) is 5.73 Å². The SMILES string of the molecule is CCOc1cccc(C(CN)Cc2cc(OC)c(OC)cc2OC)c1. The van der Waals surface area contributed by atoms with Gasteiger partial charge in [-0.05, 0) is 49.2 Å². The van der Waals surface area contributed by atoms with Crippen LogP contribution < -0.4 is 24.7 Å². The van der Waals surface area contributed by atoms with Crippen LogP contribution in [0.15, 0.2) is 36.4 Å². The summed E-state index contributed by atoms with van der Waals surface area (Å²) < 4.78 is 21.9. The lowest BCUT2D eigenvalue weighted by Gasteiger charge is -2.19. The normalized spacial score (nSPS) is 11.7. The Labute approximate surface area is 149 Å². The van der Waals surface area contributed by atoms with Crippen molar-refractivity contribution in [1.29, 1.82) is 0 Å². The van der Waals surface area contributed by atoms with Gasteiger partial charge >= 0.3 is 0 Å². The van der Waals surface area contributed by atoms with Crippen LogP contribution in [0.25, 0.3) is 0 Å². The quantitative estimate of drug-likeness (QED) is 0.755. The standard InChI is InChI=1S/C20H27NO4/c1-5-25-17-8-6-7-14(10-17)16(13-21)9-15-11-19(23-3)20(24-4)12-18(15)22-2/h6-8,10-12,16H,5,9,13,21H2,1-4H3.